The maximum atomic E-state index is 11.8. The minimum atomic E-state index is -0.344. The molecule has 0 fully saturated rings. The van der Waals surface area contributed by atoms with E-state index < -0.39 is 0 Å². The molecule has 2 rings (SSSR count). The van der Waals surface area contributed by atoms with E-state index in [9.17, 15) is 4.79 Å². The van der Waals surface area contributed by atoms with E-state index >= 15 is 0 Å². The number of benzene rings is 1. The molecule has 0 bridgehead atoms. The van der Waals surface area contributed by atoms with E-state index in [4.69, 9.17) is 4.84 Å². The summed E-state index contributed by atoms with van der Waals surface area (Å²) in [6.07, 6.45) is 0. The van der Waals surface area contributed by atoms with Crippen LogP contribution in [0.4, 0.5) is 0 Å². The lowest BCUT2D eigenvalue weighted by atomic mass is 10.2. The standard InChI is InChI=1S/C13H13NO2/c1-10-8-9-11(2)14(10)16-13(15)12-6-4-3-5-7-12/h3-9H,1-2H3. The molecule has 1 heterocycles. The van der Waals surface area contributed by atoms with E-state index in [2.05, 4.69) is 0 Å². The lowest BCUT2D eigenvalue weighted by Crippen LogP contribution is -2.21. The monoisotopic (exact) mass is 215 g/mol. The number of rotatable bonds is 2. The Bertz CT molecular complexity index is 480. The Kier molecular flexibility index (Phi) is 2.77. The van der Waals surface area contributed by atoms with E-state index in [1.807, 2.05) is 44.2 Å². The third-order valence-electron chi connectivity index (χ3n) is 2.39. The summed E-state index contributed by atoms with van der Waals surface area (Å²) in [7, 11) is 0. The highest BCUT2D eigenvalue weighted by molar-refractivity contribution is 5.89. The van der Waals surface area contributed by atoms with Gasteiger partial charge in [-0.05, 0) is 38.1 Å². The van der Waals surface area contributed by atoms with Crippen molar-refractivity contribution in [1.29, 1.82) is 0 Å². The van der Waals surface area contributed by atoms with Crippen LogP contribution >= 0.6 is 0 Å². The van der Waals surface area contributed by atoms with Crippen LogP contribution in [0.3, 0.4) is 0 Å². The van der Waals surface area contributed by atoms with E-state index in [1.54, 1.807) is 12.1 Å². The first kappa shape index (κ1) is 10.5. The molecule has 0 spiro atoms. The summed E-state index contributed by atoms with van der Waals surface area (Å²) in [5.41, 5.74) is 2.36. The lowest BCUT2D eigenvalue weighted by Gasteiger charge is -2.08. The number of hydrogen-bond donors (Lipinski definition) is 0. The van der Waals surface area contributed by atoms with Gasteiger partial charge in [0.05, 0.1) is 17.0 Å². The molecule has 16 heavy (non-hydrogen) atoms. The molecule has 0 unspecified atom stereocenters. The molecule has 0 radical (unpaired) electrons. The Balaban J connectivity index is 2.21. The van der Waals surface area contributed by atoms with Gasteiger partial charge in [0.15, 0.2) is 0 Å². The average molecular weight is 215 g/mol. The number of aryl methyl sites for hydroxylation is 2. The topological polar surface area (TPSA) is 31.2 Å². The Labute approximate surface area is 94.2 Å². The minimum absolute atomic E-state index is 0.344. The van der Waals surface area contributed by atoms with Crippen molar-refractivity contribution in [3.63, 3.8) is 0 Å². The van der Waals surface area contributed by atoms with Crippen molar-refractivity contribution in [2.24, 2.45) is 0 Å². The van der Waals surface area contributed by atoms with Crippen molar-refractivity contribution in [2.75, 3.05) is 0 Å². The van der Waals surface area contributed by atoms with Gasteiger partial charge in [-0.25, -0.2) is 4.79 Å². The Morgan fingerprint density at radius 2 is 1.56 bits per heavy atom. The van der Waals surface area contributed by atoms with Gasteiger partial charge in [0.25, 0.3) is 0 Å². The van der Waals surface area contributed by atoms with Gasteiger partial charge in [-0.2, -0.15) is 4.73 Å². The van der Waals surface area contributed by atoms with Crippen molar-refractivity contribution in [3.8, 4) is 0 Å². The molecule has 0 N–H and O–H groups in total. The van der Waals surface area contributed by atoms with E-state index in [0.29, 0.717) is 5.56 Å². The van der Waals surface area contributed by atoms with Gasteiger partial charge in [0.2, 0.25) is 0 Å². The van der Waals surface area contributed by atoms with E-state index in [-0.39, 0.29) is 5.97 Å². The molecule has 0 atom stereocenters. The lowest BCUT2D eigenvalue weighted by molar-refractivity contribution is 0.0443. The molecular formula is C13H13NO2. The van der Waals surface area contributed by atoms with Crippen LogP contribution in [0, 0.1) is 13.8 Å². The normalized spacial score (nSPS) is 10.1. The highest BCUT2D eigenvalue weighted by Crippen LogP contribution is 2.06. The zero-order valence-corrected chi connectivity index (χ0v) is 9.31. The quantitative estimate of drug-likeness (QED) is 0.770. The number of carbonyl (C=O) groups is 1. The van der Waals surface area contributed by atoms with E-state index in [1.165, 1.54) is 4.73 Å². The van der Waals surface area contributed by atoms with Gasteiger partial charge in [-0.3, -0.25) is 0 Å². The van der Waals surface area contributed by atoms with Gasteiger partial charge in [0.1, 0.15) is 0 Å². The summed E-state index contributed by atoms with van der Waals surface area (Å²) in [6.45, 7) is 3.79. The fourth-order valence-corrected chi connectivity index (χ4v) is 1.51. The summed E-state index contributed by atoms with van der Waals surface area (Å²) in [5, 5.41) is 0. The Morgan fingerprint density at radius 1 is 1.00 bits per heavy atom. The third kappa shape index (κ3) is 1.98. The largest absolute Gasteiger partial charge is 0.363 e. The second kappa shape index (κ2) is 4.23. The maximum Gasteiger partial charge on any atom is 0.363 e. The molecule has 1 aromatic carbocycles. The molecular weight excluding hydrogens is 202 g/mol. The smallest absolute Gasteiger partial charge is 0.331 e. The van der Waals surface area contributed by atoms with Gasteiger partial charge < -0.3 is 4.84 Å². The predicted molar refractivity (Wildman–Crippen MR) is 61.3 cm³/mol. The highest BCUT2D eigenvalue weighted by Gasteiger charge is 2.10. The van der Waals surface area contributed by atoms with Crippen LogP contribution in [0.5, 0.6) is 0 Å². The number of hydrogen-bond acceptors (Lipinski definition) is 2. The van der Waals surface area contributed by atoms with Crippen molar-refractivity contribution < 1.29 is 9.63 Å². The SMILES string of the molecule is Cc1ccc(C)n1OC(=O)c1ccccc1. The molecule has 2 aromatic rings. The third-order valence-corrected chi connectivity index (χ3v) is 2.39. The maximum absolute atomic E-state index is 11.8. The van der Waals surface area contributed by atoms with Crippen LogP contribution in [0.25, 0.3) is 0 Å². The molecule has 0 aliphatic rings. The van der Waals surface area contributed by atoms with Gasteiger partial charge in [-0.15, -0.1) is 0 Å². The molecule has 1 aromatic heterocycles. The molecule has 3 heteroatoms. The second-order valence-corrected chi connectivity index (χ2v) is 3.66. The summed E-state index contributed by atoms with van der Waals surface area (Å²) in [5.74, 6) is -0.344. The average Bonchev–Trinajstić information content (AvgIpc) is 2.62. The number of aromatic nitrogens is 1. The summed E-state index contributed by atoms with van der Waals surface area (Å²) in [6, 6.07) is 12.8. The predicted octanol–water partition coefficient (Wildman–Crippen LogP) is 2.37. The zero-order chi connectivity index (χ0) is 11.5. The minimum Gasteiger partial charge on any atom is -0.331 e. The van der Waals surface area contributed by atoms with Crippen LogP contribution in [0.15, 0.2) is 42.5 Å². The van der Waals surface area contributed by atoms with Gasteiger partial charge in [-0.1, -0.05) is 18.2 Å². The van der Waals surface area contributed by atoms with Crippen LogP contribution in [0.1, 0.15) is 21.7 Å². The highest BCUT2D eigenvalue weighted by atomic mass is 16.7. The van der Waals surface area contributed by atoms with Crippen LogP contribution < -0.4 is 4.84 Å². The zero-order valence-electron chi connectivity index (χ0n) is 9.31. The molecule has 0 aliphatic carbocycles. The molecule has 0 aliphatic heterocycles. The van der Waals surface area contributed by atoms with E-state index in [0.717, 1.165) is 11.4 Å². The number of nitrogens with zero attached hydrogens (tertiary/aromatic N) is 1. The van der Waals surface area contributed by atoms with Crippen molar-refractivity contribution >= 4 is 5.97 Å². The van der Waals surface area contributed by atoms with Crippen LogP contribution in [-0.2, 0) is 0 Å². The Morgan fingerprint density at radius 3 is 2.12 bits per heavy atom. The molecule has 0 saturated heterocycles. The first-order valence-corrected chi connectivity index (χ1v) is 5.11. The van der Waals surface area contributed by atoms with Gasteiger partial charge in [0, 0.05) is 0 Å². The fourth-order valence-electron chi connectivity index (χ4n) is 1.51. The van der Waals surface area contributed by atoms with Gasteiger partial charge >= 0.3 is 5.97 Å². The molecule has 82 valence electrons. The van der Waals surface area contributed by atoms with Crippen LogP contribution in [-0.4, -0.2) is 10.7 Å². The molecule has 3 nitrogen and oxygen atoms in total. The first-order chi connectivity index (χ1) is 7.68. The van der Waals surface area contributed by atoms with Crippen molar-refractivity contribution in [2.45, 2.75) is 13.8 Å². The number of carbonyl (C=O) groups excluding carboxylic acids is 1. The second-order valence-electron chi connectivity index (χ2n) is 3.66. The summed E-state index contributed by atoms with van der Waals surface area (Å²) >= 11 is 0. The first-order valence-electron chi connectivity index (χ1n) is 5.11. The fraction of sp³-hybridized carbons (Fsp3) is 0.154. The van der Waals surface area contributed by atoms with Crippen LogP contribution in [0.2, 0.25) is 0 Å². The van der Waals surface area contributed by atoms with Crippen molar-refractivity contribution in [1.82, 2.24) is 4.73 Å². The summed E-state index contributed by atoms with van der Waals surface area (Å²) < 4.78 is 1.54. The molecule has 0 amide bonds. The summed E-state index contributed by atoms with van der Waals surface area (Å²) in [4.78, 5) is 17.1. The Hall–Kier alpha value is -2.03. The molecule has 0 saturated carbocycles. The van der Waals surface area contributed by atoms with Crippen molar-refractivity contribution in [3.05, 3.63) is 59.4 Å².